The van der Waals surface area contributed by atoms with Crippen LogP contribution in [0.25, 0.3) is 0 Å². The van der Waals surface area contributed by atoms with Crippen LogP contribution in [-0.4, -0.2) is 37.2 Å². The first-order valence-corrected chi connectivity index (χ1v) is 5.45. The van der Waals surface area contributed by atoms with Crippen LogP contribution in [0.1, 0.15) is 34.1 Å². The highest BCUT2D eigenvalue weighted by molar-refractivity contribution is 6.02. The van der Waals surface area contributed by atoms with E-state index in [-0.39, 0.29) is 17.5 Å². The van der Waals surface area contributed by atoms with Gasteiger partial charge in [0.1, 0.15) is 0 Å². The van der Waals surface area contributed by atoms with Crippen LogP contribution in [0.15, 0.2) is 24.3 Å². The Kier molecular flexibility index (Phi) is 7.60. The molecule has 0 unspecified atom stereocenters. The Hall–Kier alpha value is -2.37. The van der Waals surface area contributed by atoms with Gasteiger partial charge in [-0.2, -0.15) is 0 Å². The van der Waals surface area contributed by atoms with Gasteiger partial charge in [-0.3, -0.25) is 4.79 Å². The molecule has 0 amide bonds. The van der Waals surface area contributed by atoms with Crippen molar-refractivity contribution in [3.05, 3.63) is 35.4 Å². The fraction of sp³-hybridized carbons (Fsp3) is 0.308. The number of methoxy groups -OCH3 is 2. The third-order valence-corrected chi connectivity index (χ3v) is 2.04. The summed E-state index contributed by atoms with van der Waals surface area (Å²) in [6.07, 6.45) is 0.222. The Morgan fingerprint density at radius 1 is 1.00 bits per heavy atom. The lowest BCUT2D eigenvalue weighted by molar-refractivity contribution is -0.136. The van der Waals surface area contributed by atoms with E-state index in [1.54, 1.807) is 19.1 Å². The maximum Gasteiger partial charge on any atom is 0.338 e. The molecular formula is C13H16O6. The maximum absolute atomic E-state index is 11.2. The molecule has 0 fully saturated rings. The molecular weight excluding hydrogens is 252 g/mol. The number of carboxylic acids is 1. The number of hydrogen-bond acceptors (Lipinski definition) is 5. The monoisotopic (exact) mass is 268 g/mol. The molecule has 0 aliphatic carbocycles. The summed E-state index contributed by atoms with van der Waals surface area (Å²) in [5, 5.41) is 7.72. The zero-order chi connectivity index (χ0) is 14.8. The number of hydrogen-bond donors (Lipinski definition) is 1. The van der Waals surface area contributed by atoms with Crippen molar-refractivity contribution >= 4 is 17.9 Å². The van der Waals surface area contributed by atoms with E-state index in [1.165, 1.54) is 26.4 Å². The molecule has 0 spiro atoms. The summed E-state index contributed by atoms with van der Waals surface area (Å²) in [4.78, 5) is 31.8. The summed E-state index contributed by atoms with van der Waals surface area (Å²) in [6, 6.07) is 6.33. The number of esters is 2. The molecule has 104 valence electrons. The number of rotatable bonds is 3. The predicted molar refractivity (Wildman–Crippen MR) is 67.0 cm³/mol. The second-order valence-electron chi connectivity index (χ2n) is 3.28. The number of carbonyl (C=O) groups is 3. The van der Waals surface area contributed by atoms with Gasteiger partial charge in [-0.1, -0.05) is 19.1 Å². The van der Waals surface area contributed by atoms with E-state index >= 15 is 0 Å². The van der Waals surface area contributed by atoms with Gasteiger partial charge in [-0.25, -0.2) is 9.59 Å². The number of benzene rings is 1. The molecule has 6 nitrogen and oxygen atoms in total. The van der Waals surface area contributed by atoms with Crippen LogP contribution in [0.4, 0.5) is 0 Å². The van der Waals surface area contributed by atoms with E-state index in [0.29, 0.717) is 0 Å². The minimum atomic E-state index is -0.745. The Labute approximate surface area is 110 Å². The van der Waals surface area contributed by atoms with Crippen molar-refractivity contribution in [2.24, 2.45) is 0 Å². The average molecular weight is 268 g/mol. The molecule has 1 rings (SSSR count). The molecule has 6 heteroatoms. The van der Waals surface area contributed by atoms with Gasteiger partial charge < -0.3 is 14.6 Å². The van der Waals surface area contributed by atoms with Crippen LogP contribution < -0.4 is 0 Å². The van der Waals surface area contributed by atoms with Crippen molar-refractivity contribution in [1.82, 2.24) is 0 Å². The highest BCUT2D eigenvalue weighted by Gasteiger charge is 2.16. The maximum atomic E-state index is 11.2. The van der Waals surface area contributed by atoms with Crippen molar-refractivity contribution in [1.29, 1.82) is 0 Å². The lowest BCUT2D eigenvalue weighted by Crippen LogP contribution is -2.11. The van der Waals surface area contributed by atoms with Crippen LogP contribution in [0, 0.1) is 0 Å². The van der Waals surface area contributed by atoms with E-state index in [0.717, 1.165) is 0 Å². The van der Waals surface area contributed by atoms with Gasteiger partial charge in [0.2, 0.25) is 0 Å². The van der Waals surface area contributed by atoms with Crippen molar-refractivity contribution in [2.75, 3.05) is 14.2 Å². The first kappa shape index (κ1) is 16.6. The Bertz CT molecular complexity index is 417. The average Bonchev–Trinajstić information content (AvgIpc) is 2.46. The minimum absolute atomic E-state index is 0.210. The molecule has 0 atom stereocenters. The first-order chi connectivity index (χ1) is 8.97. The zero-order valence-electron chi connectivity index (χ0n) is 11.0. The summed E-state index contributed by atoms with van der Waals surface area (Å²) in [6.45, 7) is 1.60. The summed E-state index contributed by atoms with van der Waals surface area (Å²) in [7, 11) is 2.52. The number of ether oxygens (including phenoxy) is 2. The summed E-state index contributed by atoms with van der Waals surface area (Å²) >= 11 is 0. The first-order valence-electron chi connectivity index (χ1n) is 5.45. The SMILES string of the molecule is CCC(=O)O.COC(=O)c1ccccc1C(=O)OC. The lowest BCUT2D eigenvalue weighted by Gasteiger charge is -2.04. The van der Waals surface area contributed by atoms with Crippen LogP contribution in [-0.2, 0) is 14.3 Å². The van der Waals surface area contributed by atoms with Gasteiger partial charge >= 0.3 is 17.9 Å². The smallest absolute Gasteiger partial charge is 0.338 e. The largest absolute Gasteiger partial charge is 0.481 e. The Balaban J connectivity index is 0.000000555. The van der Waals surface area contributed by atoms with Gasteiger partial charge in [-0.05, 0) is 12.1 Å². The Morgan fingerprint density at radius 3 is 1.53 bits per heavy atom. The summed E-state index contributed by atoms with van der Waals surface area (Å²) in [5.41, 5.74) is 0.420. The second-order valence-corrected chi connectivity index (χ2v) is 3.28. The predicted octanol–water partition coefficient (Wildman–Crippen LogP) is 1.74. The van der Waals surface area contributed by atoms with Gasteiger partial charge in [0, 0.05) is 6.42 Å². The fourth-order valence-electron chi connectivity index (χ4n) is 1.06. The molecule has 0 aliphatic rings. The molecule has 0 bridgehead atoms. The standard InChI is InChI=1S/C10H10O4.C3H6O2/c1-13-9(11)7-5-3-4-6-8(7)10(12)14-2;1-2-3(4)5/h3-6H,1-2H3;2H2,1H3,(H,4,5). The molecule has 1 N–H and O–H groups in total. The highest BCUT2D eigenvalue weighted by Crippen LogP contribution is 2.10. The van der Waals surface area contributed by atoms with Crippen LogP contribution in [0.5, 0.6) is 0 Å². The normalized spacial score (nSPS) is 8.79. The third-order valence-electron chi connectivity index (χ3n) is 2.04. The second kappa shape index (κ2) is 8.68. The van der Waals surface area contributed by atoms with Gasteiger partial charge in [0.15, 0.2) is 0 Å². The van der Waals surface area contributed by atoms with E-state index in [2.05, 4.69) is 9.47 Å². The molecule has 1 aromatic rings. The van der Waals surface area contributed by atoms with Crippen LogP contribution in [0.2, 0.25) is 0 Å². The van der Waals surface area contributed by atoms with Crippen molar-refractivity contribution in [2.45, 2.75) is 13.3 Å². The molecule has 0 aromatic heterocycles. The van der Waals surface area contributed by atoms with Crippen LogP contribution in [0.3, 0.4) is 0 Å². The lowest BCUT2D eigenvalue weighted by atomic mass is 10.1. The minimum Gasteiger partial charge on any atom is -0.481 e. The number of aliphatic carboxylic acids is 1. The van der Waals surface area contributed by atoms with Crippen LogP contribution >= 0.6 is 0 Å². The molecule has 0 saturated carbocycles. The van der Waals surface area contributed by atoms with E-state index in [9.17, 15) is 14.4 Å². The molecule has 1 aromatic carbocycles. The zero-order valence-corrected chi connectivity index (χ0v) is 11.0. The van der Waals surface area contributed by atoms with E-state index < -0.39 is 17.9 Å². The van der Waals surface area contributed by atoms with Crippen molar-refractivity contribution in [3.63, 3.8) is 0 Å². The highest BCUT2D eigenvalue weighted by atomic mass is 16.5. The van der Waals surface area contributed by atoms with Gasteiger partial charge in [0.05, 0.1) is 25.3 Å². The quantitative estimate of drug-likeness (QED) is 0.840. The molecule has 0 saturated heterocycles. The fourth-order valence-corrected chi connectivity index (χ4v) is 1.06. The Morgan fingerprint density at radius 2 is 1.32 bits per heavy atom. The van der Waals surface area contributed by atoms with Gasteiger partial charge in [0.25, 0.3) is 0 Å². The summed E-state index contributed by atoms with van der Waals surface area (Å²) in [5.74, 6) is -1.85. The van der Waals surface area contributed by atoms with Crippen molar-refractivity contribution < 1.29 is 29.0 Å². The van der Waals surface area contributed by atoms with Crippen molar-refractivity contribution in [3.8, 4) is 0 Å². The topological polar surface area (TPSA) is 89.9 Å². The molecule has 0 aliphatic heterocycles. The third kappa shape index (κ3) is 5.67. The molecule has 0 radical (unpaired) electrons. The number of carboxylic acid groups (broad SMARTS) is 1. The summed E-state index contributed by atoms with van der Waals surface area (Å²) < 4.78 is 9.05. The molecule has 0 heterocycles. The van der Waals surface area contributed by atoms with E-state index in [1.807, 2.05) is 0 Å². The van der Waals surface area contributed by atoms with E-state index in [4.69, 9.17) is 5.11 Å². The molecule has 19 heavy (non-hydrogen) atoms. The number of carbonyl (C=O) groups excluding carboxylic acids is 2. The van der Waals surface area contributed by atoms with Gasteiger partial charge in [-0.15, -0.1) is 0 Å².